The number of aromatic nitrogens is 8. The van der Waals surface area contributed by atoms with E-state index in [-0.39, 0.29) is 24.4 Å². The molecule has 1 N–H and O–H groups in total. The van der Waals surface area contributed by atoms with Gasteiger partial charge in [-0.25, -0.2) is 14.6 Å². The van der Waals surface area contributed by atoms with Crippen molar-refractivity contribution >= 4 is 23.2 Å². The lowest BCUT2D eigenvalue weighted by atomic mass is 9.89. The number of nitrogens with zero attached hydrogens (tertiary/aromatic N) is 9. The molecule has 0 bridgehead atoms. The molecule has 0 spiro atoms. The highest BCUT2D eigenvalue weighted by molar-refractivity contribution is 6.32. The summed E-state index contributed by atoms with van der Waals surface area (Å²) in [5, 5.41) is 20.0. The molecular formula is C42H63ClN10O9. The molecule has 3 atom stereocenters. The summed E-state index contributed by atoms with van der Waals surface area (Å²) in [6.45, 7) is 14.4. The van der Waals surface area contributed by atoms with E-state index in [9.17, 15) is 0 Å². The Morgan fingerprint density at radius 1 is 0.790 bits per heavy atom. The molecule has 1 aliphatic heterocycles. The molecule has 2 fully saturated rings. The summed E-state index contributed by atoms with van der Waals surface area (Å²) in [5.74, 6) is 1.41. The Morgan fingerprint density at radius 2 is 1.39 bits per heavy atom. The number of hydrogen-bond acceptors (Lipinski definition) is 17. The number of benzene rings is 1. The van der Waals surface area contributed by atoms with Crippen LogP contribution in [0, 0.1) is 0 Å². The van der Waals surface area contributed by atoms with E-state index in [1.807, 2.05) is 29.9 Å². The second kappa shape index (κ2) is 25.9. The van der Waals surface area contributed by atoms with Gasteiger partial charge in [0.1, 0.15) is 30.5 Å². The fraction of sp³-hybridized carbons (Fsp3) is 0.667. The van der Waals surface area contributed by atoms with Crippen molar-refractivity contribution in [1.82, 2.24) is 44.9 Å². The van der Waals surface area contributed by atoms with Gasteiger partial charge in [0, 0.05) is 44.2 Å². The topological polar surface area (TPSA) is 186 Å². The van der Waals surface area contributed by atoms with Crippen LogP contribution in [0.25, 0.3) is 11.1 Å². The van der Waals surface area contributed by atoms with Crippen LogP contribution in [0.3, 0.4) is 0 Å². The van der Waals surface area contributed by atoms with Crippen molar-refractivity contribution < 1.29 is 42.6 Å². The van der Waals surface area contributed by atoms with Gasteiger partial charge in [-0.3, -0.25) is 9.58 Å². The summed E-state index contributed by atoms with van der Waals surface area (Å²) in [4.78, 5) is 11.9. The number of halogens is 1. The molecule has 1 aliphatic carbocycles. The molecule has 342 valence electrons. The first kappa shape index (κ1) is 47.4. The van der Waals surface area contributed by atoms with Gasteiger partial charge in [0.05, 0.1) is 109 Å². The molecule has 1 saturated heterocycles. The number of nitrogens with one attached hydrogen (secondary N) is 1. The maximum atomic E-state index is 6.50. The lowest BCUT2D eigenvalue weighted by molar-refractivity contribution is -0.0852. The summed E-state index contributed by atoms with van der Waals surface area (Å²) in [7, 11) is 1.65. The van der Waals surface area contributed by atoms with Gasteiger partial charge in [0.15, 0.2) is 0 Å². The molecule has 0 unspecified atom stereocenters. The highest BCUT2D eigenvalue weighted by Crippen LogP contribution is 2.36. The molecule has 62 heavy (non-hydrogen) atoms. The van der Waals surface area contributed by atoms with Gasteiger partial charge in [0.25, 0.3) is 5.88 Å². The van der Waals surface area contributed by atoms with Crippen molar-refractivity contribution in [3.8, 4) is 22.8 Å². The van der Waals surface area contributed by atoms with Gasteiger partial charge in [-0.1, -0.05) is 17.7 Å². The smallest absolute Gasteiger partial charge is 0.257 e. The zero-order valence-corrected chi connectivity index (χ0v) is 37.2. The van der Waals surface area contributed by atoms with Crippen molar-refractivity contribution in [3.63, 3.8) is 0 Å². The Kier molecular flexibility index (Phi) is 19.8. The van der Waals surface area contributed by atoms with Crippen molar-refractivity contribution in [2.45, 2.75) is 83.4 Å². The van der Waals surface area contributed by atoms with Crippen LogP contribution in [-0.4, -0.2) is 169 Å². The molecule has 0 amide bonds. The molecule has 3 aromatic heterocycles. The lowest BCUT2D eigenvalue weighted by Crippen LogP contribution is -2.51. The zero-order chi connectivity index (χ0) is 43.4. The highest BCUT2D eigenvalue weighted by Gasteiger charge is 2.32. The molecule has 4 aromatic rings. The Labute approximate surface area is 368 Å². The highest BCUT2D eigenvalue weighted by atomic mass is 35.5. The Balaban J connectivity index is 0.977. The van der Waals surface area contributed by atoms with Crippen LogP contribution in [0.2, 0.25) is 5.02 Å². The standard InChI is InChI=1S/C42H63ClN10O9/c1-31-26-51(27-32(2)61-31)36-6-8-37(9-7-36)53-29-39(41(48-53)60-22-21-59-20-19-58-18-17-57-16-15-56-14-13-55-12-11-54-4)47-42-44-24-35(25-45-42)34-5-10-38(43)40(23-34)62-33(3)28-52-30-46-49-50-52/h5,10,23-25,29-33,36-37H,6-9,11-22,26-28H2,1-4H3,(H,44,45,47)/t31-,32+,33-,36-,37-/m0/s1. The van der Waals surface area contributed by atoms with Gasteiger partial charge >= 0.3 is 0 Å². The lowest BCUT2D eigenvalue weighted by Gasteiger charge is -2.42. The van der Waals surface area contributed by atoms with E-state index >= 15 is 0 Å². The molecule has 6 rings (SSSR count). The van der Waals surface area contributed by atoms with E-state index in [1.165, 1.54) is 0 Å². The van der Waals surface area contributed by atoms with Gasteiger partial charge in [-0.05, 0) is 74.6 Å². The van der Waals surface area contributed by atoms with Crippen molar-refractivity contribution in [2.24, 2.45) is 0 Å². The third kappa shape index (κ3) is 15.6. The average Bonchev–Trinajstić information content (AvgIpc) is 3.94. The maximum absolute atomic E-state index is 6.50. The van der Waals surface area contributed by atoms with E-state index in [1.54, 1.807) is 36.6 Å². The normalized spacial score (nSPS) is 20.0. The number of morpholine rings is 1. The van der Waals surface area contributed by atoms with Crippen molar-refractivity contribution in [2.75, 3.05) is 105 Å². The van der Waals surface area contributed by atoms with Crippen LogP contribution in [0.5, 0.6) is 11.6 Å². The van der Waals surface area contributed by atoms with E-state index in [2.05, 4.69) is 49.6 Å². The van der Waals surface area contributed by atoms with E-state index in [0.29, 0.717) is 120 Å². The Hall–Kier alpha value is -4.05. The quantitative estimate of drug-likeness (QED) is 0.0760. The number of anilines is 2. The number of methoxy groups -OCH3 is 1. The Morgan fingerprint density at radius 3 is 1.98 bits per heavy atom. The van der Waals surface area contributed by atoms with E-state index in [0.717, 1.165) is 49.9 Å². The summed E-state index contributed by atoms with van der Waals surface area (Å²) in [6, 6.07) is 6.38. The molecule has 0 radical (unpaired) electrons. The molecule has 2 aliphatic rings. The van der Waals surface area contributed by atoms with E-state index < -0.39 is 0 Å². The van der Waals surface area contributed by atoms with Gasteiger partial charge in [0.2, 0.25) is 5.95 Å². The van der Waals surface area contributed by atoms with E-state index in [4.69, 9.17) is 59.3 Å². The van der Waals surface area contributed by atoms with Crippen LogP contribution in [0.4, 0.5) is 11.6 Å². The van der Waals surface area contributed by atoms with Crippen molar-refractivity contribution in [1.29, 1.82) is 0 Å². The van der Waals surface area contributed by atoms with Crippen LogP contribution >= 0.6 is 11.6 Å². The minimum absolute atomic E-state index is 0.226. The fourth-order valence-electron chi connectivity index (χ4n) is 7.50. The number of hydrogen-bond donors (Lipinski definition) is 1. The molecule has 4 heterocycles. The first-order chi connectivity index (χ1) is 30.3. The second-order valence-corrected chi connectivity index (χ2v) is 15.8. The average molecular weight is 887 g/mol. The summed E-state index contributed by atoms with van der Waals surface area (Å²) in [5.41, 5.74) is 2.33. The van der Waals surface area contributed by atoms with Crippen LogP contribution in [-0.2, 0) is 39.7 Å². The largest absolute Gasteiger partial charge is 0.487 e. The minimum atomic E-state index is -0.226. The minimum Gasteiger partial charge on any atom is -0.487 e. The van der Waals surface area contributed by atoms with Gasteiger partial charge in [-0.2, -0.15) is 0 Å². The van der Waals surface area contributed by atoms with Crippen LogP contribution < -0.4 is 14.8 Å². The monoisotopic (exact) mass is 886 g/mol. The van der Waals surface area contributed by atoms with Crippen LogP contribution in [0.15, 0.2) is 43.1 Å². The molecule has 20 heteroatoms. The summed E-state index contributed by atoms with van der Waals surface area (Å²) >= 11 is 6.50. The van der Waals surface area contributed by atoms with Gasteiger partial charge < -0.3 is 47.9 Å². The zero-order valence-electron chi connectivity index (χ0n) is 36.4. The first-order valence-electron chi connectivity index (χ1n) is 21.6. The van der Waals surface area contributed by atoms with Gasteiger partial charge in [-0.15, -0.1) is 10.2 Å². The summed E-state index contributed by atoms with van der Waals surface area (Å²) in [6.07, 6.45) is 11.6. The first-order valence-corrected chi connectivity index (χ1v) is 22.0. The Bertz CT molecular complexity index is 1830. The summed E-state index contributed by atoms with van der Waals surface area (Å²) < 4.78 is 54.7. The third-order valence-corrected chi connectivity index (χ3v) is 10.7. The number of rotatable bonds is 28. The number of tetrazole rings is 1. The molecular weight excluding hydrogens is 824 g/mol. The maximum Gasteiger partial charge on any atom is 0.257 e. The predicted octanol–water partition coefficient (Wildman–Crippen LogP) is 4.89. The second-order valence-electron chi connectivity index (χ2n) is 15.4. The fourth-order valence-corrected chi connectivity index (χ4v) is 7.66. The molecule has 19 nitrogen and oxygen atoms in total. The predicted molar refractivity (Wildman–Crippen MR) is 230 cm³/mol. The van der Waals surface area contributed by atoms with Crippen molar-refractivity contribution in [3.05, 3.63) is 48.1 Å². The molecule has 1 saturated carbocycles. The molecule has 1 aromatic carbocycles. The van der Waals surface area contributed by atoms with Crippen LogP contribution in [0.1, 0.15) is 52.5 Å². The SMILES string of the molecule is COCCOCCOCCOCCOCCOCCOc1nn([C@H]2CC[C@H](N3C[C@@H](C)O[C@@H](C)C3)CC2)cc1Nc1ncc(-c2ccc(Cl)c(O[C@@H](C)Cn3cnnn3)c2)cn1. The third-order valence-electron chi connectivity index (χ3n) is 10.4. The number of ether oxygens (including phenoxy) is 9.